The van der Waals surface area contributed by atoms with E-state index in [0.29, 0.717) is 0 Å². The minimum atomic E-state index is 0.738. The van der Waals surface area contributed by atoms with Gasteiger partial charge in [-0.2, -0.15) is 0 Å². The number of pyridine rings is 1. The Balaban J connectivity index is 2.00. The first-order chi connectivity index (χ1) is 9.28. The molecular formula is C15H15N3S. The molecule has 0 saturated heterocycles. The SMILES string of the molecule is CCc1ccc(Cn2c(=S)[nH]c3cnccc32)cc1. The molecule has 3 aromatic rings. The fraction of sp³-hybridized carbons (Fsp3) is 0.200. The fourth-order valence-electron chi connectivity index (χ4n) is 2.23. The summed E-state index contributed by atoms with van der Waals surface area (Å²) < 4.78 is 2.84. The summed E-state index contributed by atoms with van der Waals surface area (Å²) in [5.74, 6) is 0. The topological polar surface area (TPSA) is 33.6 Å². The molecule has 2 heterocycles. The molecule has 0 fully saturated rings. The van der Waals surface area contributed by atoms with E-state index in [-0.39, 0.29) is 0 Å². The number of aromatic nitrogens is 3. The molecule has 0 saturated carbocycles. The maximum atomic E-state index is 5.38. The van der Waals surface area contributed by atoms with Crippen molar-refractivity contribution in [2.75, 3.05) is 0 Å². The highest BCUT2D eigenvalue weighted by Gasteiger charge is 2.04. The molecule has 0 aliphatic heterocycles. The maximum absolute atomic E-state index is 5.38. The second-order valence-electron chi connectivity index (χ2n) is 4.58. The van der Waals surface area contributed by atoms with Crippen LogP contribution in [-0.4, -0.2) is 14.5 Å². The third-order valence-electron chi connectivity index (χ3n) is 3.35. The molecule has 96 valence electrons. The van der Waals surface area contributed by atoms with Gasteiger partial charge >= 0.3 is 0 Å². The lowest BCUT2D eigenvalue weighted by Gasteiger charge is -2.05. The lowest BCUT2D eigenvalue weighted by atomic mass is 10.1. The van der Waals surface area contributed by atoms with Gasteiger partial charge in [0.1, 0.15) is 0 Å². The molecule has 0 unspecified atom stereocenters. The second-order valence-corrected chi connectivity index (χ2v) is 4.97. The van der Waals surface area contributed by atoms with Crippen molar-refractivity contribution in [1.29, 1.82) is 0 Å². The van der Waals surface area contributed by atoms with E-state index in [1.54, 1.807) is 6.20 Å². The molecular weight excluding hydrogens is 254 g/mol. The average Bonchev–Trinajstić information content (AvgIpc) is 2.76. The van der Waals surface area contributed by atoms with E-state index in [0.717, 1.165) is 28.8 Å². The van der Waals surface area contributed by atoms with Gasteiger partial charge in [0.05, 0.1) is 23.8 Å². The first kappa shape index (κ1) is 12.1. The van der Waals surface area contributed by atoms with Crippen LogP contribution < -0.4 is 0 Å². The maximum Gasteiger partial charge on any atom is 0.178 e. The molecule has 0 radical (unpaired) electrons. The number of benzene rings is 1. The Kier molecular flexibility index (Phi) is 3.17. The van der Waals surface area contributed by atoms with Crippen molar-refractivity contribution in [2.45, 2.75) is 19.9 Å². The summed E-state index contributed by atoms with van der Waals surface area (Å²) in [6.45, 7) is 2.95. The van der Waals surface area contributed by atoms with Gasteiger partial charge in [-0.05, 0) is 35.8 Å². The number of aromatic amines is 1. The van der Waals surface area contributed by atoms with Crippen LogP contribution in [0.15, 0.2) is 42.7 Å². The smallest absolute Gasteiger partial charge is 0.178 e. The van der Waals surface area contributed by atoms with E-state index < -0.39 is 0 Å². The number of imidazole rings is 1. The lowest BCUT2D eigenvalue weighted by molar-refractivity contribution is 0.809. The van der Waals surface area contributed by atoms with Gasteiger partial charge < -0.3 is 9.55 Å². The lowest BCUT2D eigenvalue weighted by Crippen LogP contribution is -1.99. The molecule has 3 rings (SSSR count). The monoisotopic (exact) mass is 269 g/mol. The van der Waals surface area contributed by atoms with Crippen LogP contribution >= 0.6 is 12.2 Å². The minimum Gasteiger partial charge on any atom is -0.329 e. The Morgan fingerprint density at radius 3 is 2.63 bits per heavy atom. The van der Waals surface area contributed by atoms with Crippen LogP contribution in [0.5, 0.6) is 0 Å². The van der Waals surface area contributed by atoms with Crippen molar-refractivity contribution in [3.05, 3.63) is 58.6 Å². The molecule has 0 bridgehead atoms. The van der Waals surface area contributed by atoms with E-state index >= 15 is 0 Å². The minimum absolute atomic E-state index is 0.738. The summed E-state index contributed by atoms with van der Waals surface area (Å²) in [5.41, 5.74) is 4.69. The fourth-order valence-corrected chi connectivity index (χ4v) is 2.50. The Hall–Kier alpha value is -1.94. The van der Waals surface area contributed by atoms with Gasteiger partial charge in [-0.3, -0.25) is 4.98 Å². The molecule has 19 heavy (non-hydrogen) atoms. The van der Waals surface area contributed by atoms with Gasteiger partial charge in [0.2, 0.25) is 0 Å². The summed E-state index contributed by atoms with van der Waals surface area (Å²) in [5, 5.41) is 0. The van der Waals surface area contributed by atoms with Crippen LogP contribution in [0.4, 0.5) is 0 Å². The van der Waals surface area contributed by atoms with E-state index in [4.69, 9.17) is 12.2 Å². The zero-order valence-corrected chi connectivity index (χ0v) is 11.6. The quantitative estimate of drug-likeness (QED) is 0.735. The van der Waals surface area contributed by atoms with Crippen molar-refractivity contribution in [1.82, 2.24) is 14.5 Å². The van der Waals surface area contributed by atoms with E-state index in [1.807, 2.05) is 12.3 Å². The predicted octanol–water partition coefficient (Wildman–Crippen LogP) is 3.70. The average molecular weight is 269 g/mol. The Bertz CT molecular complexity index is 753. The summed E-state index contributed by atoms with van der Waals surface area (Å²) in [4.78, 5) is 7.29. The molecule has 0 aliphatic rings. The molecule has 0 spiro atoms. The largest absolute Gasteiger partial charge is 0.329 e. The van der Waals surface area contributed by atoms with Crippen molar-refractivity contribution in [3.8, 4) is 0 Å². The van der Waals surface area contributed by atoms with Crippen LogP contribution in [-0.2, 0) is 13.0 Å². The van der Waals surface area contributed by atoms with Crippen LogP contribution in [0.3, 0.4) is 0 Å². The standard InChI is InChI=1S/C15H15N3S/c1-2-11-3-5-12(6-4-11)10-18-14-7-8-16-9-13(14)17-15(18)19/h3-9H,2,10H2,1H3,(H,17,19). The normalized spacial score (nSPS) is 11.0. The molecule has 0 aliphatic carbocycles. The number of hydrogen-bond acceptors (Lipinski definition) is 2. The zero-order valence-electron chi connectivity index (χ0n) is 10.8. The van der Waals surface area contributed by atoms with Crippen molar-refractivity contribution in [2.24, 2.45) is 0 Å². The molecule has 0 atom stereocenters. The zero-order chi connectivity index (χ0) is 13.2. The highest BCUT2D eigenvalue weighted by atomic mass is 32.1. The highest BCUT2D eigenvalue weighted by molar-refractivity contribution is 7.71. The van der Waals surface area contributed by atoms with Gasteiger partial charge in [-0.25, -0.2) is 0 Å². The third kappa shape index (κ3) is 2.31. The Morgan fingerprint density at radius 2 is 1.89 bits per heavy atom. The third-order valence-corrected chi connectivity index (χ3v) is 3.67. The van der Waals surface area contributed by atoms with Gasteiger partial charge in [0.25, 0.3) is 0 Å². The predicted molar refractivity (Wildman–Crippen MR) is 79.8 cm³/mol. The van der Waals surface area contributed by atoms with Crippen LogP contribution in [0.25, 0.3) is 11.0 Å². The number of nitrogens with one attached hydrogen (secondary N) is 1. The number of H-pyrrole nitrogens is 1. The van der Waals surface area contributed by atoms with Gasteiger partial charge in [0, 0.05) is 6.20 Å². The van der Waals surface area contributed by atoms with Gasteiger partial charge in [-0.1, -0.05) is 31.2 Å². The number of aryl methyl sites for hydroxylation is 1. The molecule has 1 N–H and O–H groups in total. The molecule has 1 aromatic carbocycles. The molecule has 3 nitrogen and oxygen atoms in total. The van der Waals surface area contributed by atoms with Gasteiger partial charge in [-0.15, -0.1) is 0 Å². The first-order valence-electron chi connectivity index (χ1n) is 6.38. The summed E-state index contributed by atoms with van der Waals surface area (Å²) >= 11 is 5.38. The van der Waals surface area contributed by atoms with Crippen molar-refractivity contribution >= 4 is 23.3 Å². The Morgan fingerprint density at radius 1 is 1.16 bits per heavy atom. The number of fused-ring (bicyclic) bond motifs is 1. The number of rotatable bonds is 3. The summed E-state index contributed by atoms with van der Waals surface area (Å²) in [7, 11) is 0. The highest BCUT2D eigenvalue weighted by Crippen LogP contribution is 2.15. The van der Waals surface area contributed by atoms with Crippen molar-refractivity contribution < 1.29 is 0 Å². The van der Waals surface area contributed by atoms with Gasteiger partial charge in [0.15, 0.2) is 4.77 Å². The van der Waals surface area contributed by atoms with E-state index in [9.17, 15) is 0 Å². The van der Waals surface area contributed by atoms with Crippen molar-refractivity contribution in [3.63, 3.8) is 0 Å². The van der Waals surface area contributed by atoms with Crippen LogP contribution in [0, 0.1) is 4.77 Å². The summed E-state index contributed by atoms with van der Waals surface area (Å²) in [6.07, 6.45) is 4.67. The first-order valence-corrected chi connectivity index (χ1v) is 6.79. The number of nitrogens with zero attached hydrogens (tertiary/aromatic N) is 2. The van der Waals surface area contributed by atoms with E-state index in [2.05, 4.69) is 45.7 Å². The second kappa shape index (κ2) is 4.97. The molecule has 4 heteroatoms. The molecule has 0 amide bonds. The summed E-state index contributed by atoms with van der Waals surface area (Å²) in [6, 6.07) is 10.7. The van der Waals surface area contributed by atoms with Crippen LogP contribution in [0.2, 0.25) is 0 Å². The van der Waals surface area contributed by atoms with Crippen LogP contribution in [0.1, 0.15) is 18.1 Å². The Labute approximate surface area is 116 Å². The van der Waals surface area contributed by atoms with E-state index in [1.165, 1.54) is 11.1 Å². The molecule has 2 aromatic heterocycles. The number of hydrogen-bond donors (Lipinski definition) is 1.